The van der Waals surface area contributed by atoms with Gasteiger partial charge >= 0.3 is 0 Å². The van der Waals surface area contributed by atoms with Crippen LogP contribution in [0.5, 0.6) is 0 Å². The van der Waals surface area contributed by atoms with Gasteiger partial charge in [0, 0.05) is 17.0 Å². The zero-order chi connectivity index (χ0) is 12.7. The van der Waals surface area contributed by atoms with E-state index in [0.29, 0.717) is 0 Å². The summed E-state index contributed by atoms with van der Waals surface area (Å²) in [6.45, 7) is 0. The fourth-order valence-electron chi connectivity index (χ4n) is 2.45. The highest BCUT2D eigenvalue weighted by molar-refractivity contribution is 6.01. The molecule has 4 rings (SSSR count). The largest absolute Gasteiger partial charge is 0.278 e. The number of benzene rings is 2. The maximum atomic E-state index is 4.11. The molecule has 2 N–H and O–H groups in total. The van der Waals surface area contributed by atoms with Gasteiger partial charge in [0.1, 0.15) is 0 Å². The Morgan fingerprint density at radius 3 is 2.63 bits per heavy atom. The highest BCUT2D eigenvalue weighted by Gasteiger charge is 2.11. The Morgan fingerprint density at radius 1 is 0.895 bits per heavy atom. The predicted molar refractivity (Wildman–Crippen MR) is 75.6 cm³/mol. The molecule has 4 aromatic rings. The van der Waals surface area contributed by atoms with Crippen molar-refractivity contribution in [1.29, 1.82) is 0 Å². The maximum Gasteiger partial charge on any atom is 0.222 e. The number of hydrogen-bond donors (Lipinski definition) is 1. The summed E-state index contributed by atoms with van der Waals surface area (Å²) in [7, 11) is 0. The van der Waals surface area contributed by atoms with Crippen LogP contribution in [-0.4, -0.2) is 10.2 Å². The summed E-state index contributed by atoms with van der Waals surface area (Å²) >= 11 is 0. The average Bonchev–Trinajstić information content (AvgIpc) is 2.96. The first-order chi connectivity index (χ1) is 9.42. The van der Waals surface area contributed by atoms with Gasteiger partial charge in [-0.25, -0.2) is 4.98 Å². The fraction of sp³-hybridized carbons (Fsp3) is 0. The van der Waals surface area contributed by atoms with E-state index >= 15 is 0 Å². The van der Waals surface area contributed by atoms with Crippen molar-refractivity contribution in [2.45, 2.75) is 0 Å². The monoisotopic (exact) mass is 246 g/mol. The SMILES string of the molecule is c1ccc(-c2ccc3ccc4[nH]ncc4c3[nH+]2)cc1. The van der Waals surface area contributed by atoms with Gasteiger partial charge in [-0.2, -0.15) is 5.10 Å². The number of H-pyrrole nitrogens is 2. The van der Waals surface area contributed by atoms with E-state index in [4.69, 9.17) is 0 Å². The van der Waals surface area contributed by atoms with Crippen molar-refractivity contribution in [3.05, 3.63) is 60.8 Å². The van der Waals surface area contributed by atoms with Gasteiger partial charge in [0.05, 0.1) is 17.1 Å². The highest BCUT2D eigenvalue weighted by Crippen LogP contribution is 2.22. The summed E-state index contributed by atoms with van der Waals surface area (Å²) in [4.78, 5) is 3.51. The van der Waals surface area contributed by atoms with E-state index < -0.39 is 0 Å². The van der Waals surface area contributed by atoms with Crippen LogP contribution >= 0.6 is 0 Å². The van der Waals surface area contributed by atoms with Crippen LogP contribution in [0.1, 0.15) is 0 Å². The van der Waals surface area contributed by atoms with Crippen LogP contribution in [0, 0.1) is 0 Å². The van der Waals surface area contributed by atoms with E-state index in [-0.39, 0.29) is 0 Å². The molecule has 0 atom stereocenters. The van der Waals surface area contributed by atoms with Gasteiger partial charge in [-0.1, -0.05) is 18.2 Å². The Bertz CT molecular complexity index is 863. The van der Waals surface area contributed by atoms with Crippen molar-refractivity contribution in [3.8, 4) is 11.3 Å². The topological polar surface area (TPSA) is 42.8 Å². The quantitative estimate of drug-likeness (QED) is 0.550. The average molecular weight is 246 g/mol. The van der Waals surface area contributed by atoms with E-state index in [1.165, 1.54) is 10.9 Å². The maximum absolute atomic E-state index is 4.11. The predicted octanol–water partition coefficient (Wildman–Crippen LogP) is 3.20. The number of nitrogens with zero attached hydrogens (tertiary/aromatic N) is 1. The van der Waals surface area contributed by atoms with Crippen LogP contribution in [0.2, 0.25) is 0 Å². The third-order valence-corrected chi connectivity index (χ3v) is 3.43. The first kappa shape index (κ1) is 10.3. The number of aromatic amines is 2. The number of aromatic nitrogens is 3. The lowest BCUT2D eigenvalue weighted by molar-refractivity contribution is -0.329. The molecule has 0 unspecified atom stereocenters. The molecule has 0 aliphatic carbocycles. The zero-order valence-electron chi connectivity index (χ0n) is 10.2. The minimum atomic E-state index is 1.05. The molecular weight excluding hydrogens is 234 g/mol. The lowest BCUT2D eigenvalue weighted by Crippen LogP contribution is -2.08. The molecule has 0 radical (unpaired) electrons. The normalized spacial score (nSPS) is 11.2. The number of nitrogens with one attached hydrogen (secondary N) is 2. The minimum absolute atomic E-state index is 1.05. The summed E-state index contributed by atoms with van der Waals surface area (Å²) in [6, 6.07) is 18.7. The lowest BCUT2D eigenvalue weighted by Gasteiger charge is -1.98. The van der Waals surface area contributed by atoms with E-state index in [0.717, 1.165) is 22.1 Å². The van der Waals surface area contributed by atoms with E-state index in [2.05, 4.69) is 51.6 Å². The number of hydrogen-bond acceptors (Lipinski definition) is 1. The van der Waals surface area contributed by atoms with E-state index in [1.54, 1.807) is 0 Å². The Kier molecular flexibility index (Phi) is 2.12. The number of rotatable bonds is 1. The molecule has 2 heterocycles. The van der Waals surface area contributed by atoms with Gasteiger partial charge in [0.25, 0.3) is 0 Å². The van der Waals surface area contributed by atoms with Crippen LogP contribution in [-0.2, 0) is 0 Å². The second-order valence-electron chi connectivity index (χ2n) is 4.60. The summed E-state index contributed by atoms with van der Waals surface area (Å²) in [5.41, 5.74) is 4.47. The molecule has 0 bridgehead atoms. The molecule has 0 saturated heterocycles. The number of fused-ring (bicyclic) bond motifs is 3. The van der Waals surface area contributed by atoms with E-state index in [9.17, 15) is 0 Å². The van der Waals surface area contributed by atoms with Crippen LogP contribution in [0.25, 0.3) is 33.1 Å². The fourth-order valence-corrected chi connectivity index (χ4v) is 2.45. The third-order valence-electron chi connectivity index (χ3n) is 3.43. The summed E-state index contributed by atoms with van der Waals surface area (Å²) < 4.78 is 0. The number of pyridine rings is 1. The van der Waals surface area contributed by atoms with Gasteiger partial charge in [-0.05, 0) is 30.3 Å². The third kappa shape index (κ3) is 1.59. The van der Waals surface area contributed by atoms with Crippen LogP contribution in [0.3, 0.4) is 0 Å². The molecular formula is C16H12N3+. The van der Waals surface area contributed by atoms with Crippen LogP contribution < -0.4 is 4.98 Å². The summed E-state index contributed by atoms with van der Waals surface area (Å²) in [6.07, 6.45) is 1.86. The molecule has 0 saturated carbocycles. The molecule has 0 fully saturated rings. The van der Waals surface area contributed by atoms with Gasteiger partial charge in [0.2, 0.25) is 11.2 Å². The van der Waals surface area contributed by atoms with Crippen molar-refractivity contribution in [2.75, 3.05) is 0 Å². The smallest absolute Gasteiger partial charge is 0.222 e. The van der Waals surface area contributed by atoms with Gasteiger partial charge < -0.3 is 0 Å². The first-order valence-electron chi connectivity index (χ1n) is 6.25. The Balaban J connectivity index is 2.04. The van der Waals surface area contributed by atoms with Crippen molar-refractivity contribution < 1.29 is 4.98 Å². The van der Waals surface area contributed by atoms with Gasteiger partial charge in [-0.3, -0.25) is 5.10 Å². The second kappa shape index (κ2) is 3.92. The molecule has 2 aromatic heterocycles. The molecule has 19 heavy (non-hydrogen) atoms. The minimum Gasteiger partial charge on any atom is -0.278 e. The Hall–Kier alpha value is -2.68. The van der Waals surface area contributed by atoms with Crippen LogP contribution in [0.15, 0.2) is 60.8 Å². The van der Waals surface area contributed by atoms with Gasteiger partial charge in [-0.15, -0.1) is 0 Å². The molecule has 0 aliphatic rings. The zero-order valence-corrected chi connectivity index (χ0v) is 10.2. The molecule has 90 valence electrons. The van der Waals surface area contributed by atoms with Gasteiger partial charge in [0.15, 0.2) is 0 Å². The summed E-state index contributed by atoms with van der Waals surface area (Å²) in [5, 5.41) is 9.42. The molecule has 0 aliphatic heterocycles. The first-order valence-corrected chi connectivity index (χ1v) is 6.25. The molecule has 0 amide bonds. The molecule has 3 nitrogen and oxygen atoms in total. The molecule has 0 spiro atoms. The Labute approximate surface area is 109 Å². The van der Waals surface area contributed by atoms with Crippen molar-refractivity contribution >= 4 is 21.8 Å². The highest BCUT2D eigenvalue weighted by atomic mass is 15.1. The van der Waals surface area contributed by atoms with Crippen molar-refractivity contribution in [1.82, 2.24) is 10.2 Å². The molecule has 2 aromatic carbocycles. The van der Waals surface area contributed by atoms with Crippen LogP contribution in [0.4, 0.5) is 0 Å². The van der Waals surface area contributed by atoms with Crippen molar-refractivity contribution in [3.63, 3.8) is 0 Å². The standard InChI is InChI=1S/C16H11N3/c1-2-4-11(5-3-1)14-8-6-12-7-9-15-13(10-17-19-15)16(12)18-14/h1-10H,(H,17,19)/p+1. The molecule has 3 heteroatoms. The van der Waals surface area contributed by atoms with E-state index in [1.807, 2.05) is 24.4 Å². The summed E-state index contributed by atoms with van der Waals surface area (Å²) in [5.74, 6) is 0. The lowest BCUT2D eigenvalue weighted by atomic mass is 10.1. The second-order valence-corrected chi connectivity index (χ2v) is 4.60. The Morgan fingerprint density at radius 2 is 1.74 bits per heavy atom. The van der Waals surface area contributed by atoms with Crippen molar-refractivity contribution in [2.24, 2.45) is 0 Å².